The molecule has 2 aromatic carbocycles. The Balaban J connectivity index is 1.80. The van der Waals surface area contributed by atoms with Crippen molar-refractivity contribution in [3.63, 3.8) is 0 Å². The number of carbonyl (C=O) groups excluding carboxylic acids is 1. The topological polar surface area (TPSA) is 66.9 Å². The van der Waals surface area contributed by atoms with Gasteiger partial charge >= 0.3 is 5.97 Å². The van der Waals surface area contributed by atoms with E-state index in [4.69, 9.17) is 18.9 Å². The van der Waals surface area contributed by atoms with E-state index < -0.39 is 5.97 Å². The maximum atomic E-state index is 12.6. The monoisotopic (exact) mass is 391 g/mol. The summed E-state index contributed by atoms with van der Waals surface area (Å²) in [5.74, 6) is 1.23. The highest BCUT2D eigenvalue weighted by molar-refractivity contribution is 5.92. The molecule has 0 saturated carbocycles. The number of rotatable bonds is 7. The minimum absolute atomic E-state index is 0.310. The number of pyridine rings is 1. The Kier molecular flexibility index (Phi) is 6.47. The second-order valence-corrected chi connectivity index (χ2v) is 6.02. The van der Waals surface area contributed by atoms with E-state index in [0.717, 1.165) is 11.1 Å². The molecule has 0 aliphatic carbocycles. The molecule has 1 heterocycles. The van der Waals surface area contributed by atoms with E-state index in [0.29, 0.717) is 28.6 Å². The number of benzene rings is 2. The Morgan fingerprint density at radius 1 is 0.759 bits per heavy atom. The van der Waals surface area contributed by atoms with E-state index in [-0.39, 0.29) is 0 Å². The number of aromatic nitrogens is 1. The molecule has 0 radical (unpaired) electrons. The van der Waals surface area contributed by atoms with Crippen molar-refractivity contribution in [3.05, 3.63) is 77.6 Å². The van der Waals surface area contributed by atoms with Crippen LogP contribution in [0.2, 0.25) is 0 Å². The van der Waals surface area contributed by atoms with Gasteiger partial charge in [-0.25, -0.2) is 4.79 Å². The summed E-state index contributed by atoms with van der Waals surface area (Å²) in [6, 6.07) is 14.0. The van der Waals surface area contributed by atoms with Crippen LogP contribution in [0.4, 0.5) is 0 Å². The summed E-state index contributed by atoms with van der Waals surface area (Å²) in [6.45, 7) is 0. The first-order chi connectivity index (χ1) is 14.1. The summed E-state index contributed by atoms with van der Waals surface area (Å²) < 4.78 is 21.3. The molecule has 6 heteroatoms. The van der Waals surface area contributed by atoms with Crippen molar-refractivity contribution in [2.24, 2.45) is 0 Å². The summed E-state index contributed by atoms with van der Waals surface area (Å²) in [6.07, 6.45) is 7.37. The van der Waals surface area contributed by atoms with Crippen LogP contribution < -0.4 is 18.9 Å². The lowest BCUT2D eigenvalue weighted by molar-refractivity contribution is 0.0729. The van der Waals surface area contributed by atoms with Crippen molar-refractivity contribution in [2.75, 3.05) is 21.3 Å². The summed E-state index contributed by atoms with van der Waals surface area (Å²) >= 11 is 0. The Morgan fingerprint density at radius 3 is 2.03 bits per heavy atom. The van der Waals surface area contributed by atoms with Crippen LogP contribution in [0.15, 0.2) is 60.9 Å². The lowest BCUT2D eigenvalue weighted by atomic mass is 10.1. The Morgan fingerprint density at radius 2 is 1.41 bits per heavy atom. The lowest BCUT2D eigenvalue weighted by Gasteiger charge is -2.11. The van der Waals surface area contributed by atoms with Crippen LogP contribution in [0.25, 0.3) is 12.2 Å². The van der Waals surface area contributed by atoms with Crippen molar-refractivity contribution < 1.29 is 23.7 Å². The predicted octanol–water partition coefficient (Wildman–Crippen LogP) is 4.50. The molecular weight excluding hydrogens is 370 g/mol. The van der Waals surface area contributed by atoms with Gasteiger partial charge in [0.1, 0.15) is 11.5 Å². The molecule has 1 aromatic heterocycles. The van der Waals surface area contributed by atoms with Gasteiger partial charge in [-0.15, -0.1) is 0 Å². The van der Waals surface area contributed by atoms with Crippen LogP contribution in [0, 0.1) is 0 Å². The molecule has 6 nitrogen and oxygen atoms in total. The standard InChI is InChI=1S/C23H21NO5/c1-26-19-13-18(14-20(15-19)27-2)23(25)29-21-7-6-17(12-22(21)28-3)5-4-16-8-10-24-11-9-16/h4-15H,1-3H3. The van der Waals surface area contributed by atoms with E-state index in [1.54, 1.807) is 42.7 Å². The van der Waals surface area contributed by atoms with Crippen LogP contribution in [-0.2, 0) is 0 Å². The van der Waals surface area contributed by atoms with Crippen LogP contribution >= 0.6 is 0 Å². The van der Waals surface area contributed by atoms with Gasteiger partial charge in [-0.05, 0) is 47.5 Å². The molecule has 0 unspecified atom stereocenters. The molecule has 0 bridgehead atoms. The van der Waals surface area contributed by atoms with E-state index in [2.05, 4.69) is 4.98 Å². The van der Waals surface area contributed by atoms with Gasteiger partial charge in [0.2, 0.25) is 0 Å². The molecule has 148 valence electrons. The highest BCUT2D eigenvalue weighted by Crippen LogP contribution is 2.30. The molecule has 3 aromatic rings. The molecule has 0 fully saturated rings. The van der Waals surface area contributed by atoms with E-state index >= 15 is 0 Å². The lowest BCUT2D eigenvalue weighted by Crippen LogP contribution is -2.10. The number of hydrogen-bond acceptors (Lipinski definition) is 6. The van der Waals surface area contributed by atoms with Gasteiger partial charge in [0.05, 0.1) is 26.9 Å². The minimum atomic E-state index is -0.541. The van der Waals surface area contributed by atoms with Crippen LogP contribution in [0.1, 0.15) is 21.5 Å². The smallest absolute Gasteiger partial charge is 0.343 e. The fraction of sp³-hybridized carbons (Fsp3) is 0.130. The van der Waals surface area contributed by atoms with Gasteiger partial charge in [-0.1, -0.05) is 18.2 Å². The third kappa shape index (κ3) is 5.13. The first kappa shape index (κ1) is 19.9. The van der Waals surface area contributed by atoms with Crippen molar-refractivity contribution in [1.29, 1.82) is 0 Å². The Bertz CT molecular complexity index is 993. The van der Waals surface area contributed by atoms with Crippen molar-refractivity contribution in [2.45, 2.75) is 0 Å². The largest absolute Gasteiger partial charge is 0.497 e. The zero-order valence-electron chi connectivity index (χ0n) is 16.4. The molecule has 0 N–H and O–H groups in total. The van der Waals surface area contributed by atoms with Gasteiger partial charge in [-0.2, -0.15) is 0 Å². The fourth-order valence-electron chi connectivity index (χ4n) is 2.62. The summed E-state index contributed by atoms with van der Waals surface area (Å²) in [5.41, 5.74) is 2.24. The first-order valence-electron chi connectivity index (χ1n) is 8.84. The number of nitrogens with zero attached hydrogens (tertiary/aromatic N) is 1. The van der Waals surface area contributed by atoms with E-state index in [9.17, 15) is 4.79 Å². The third-order valence-corrected chi connectivity index (χ3v) is 4.15. The average Bonchev–Trinajstić information content (AvgIpc) is 2.78. The SMILES string of the molecule is COc1cc(OC)cc(C(=O)Oc2ccc(C=Cc3ccncc3)cc2OC)c1. The molecule has 29 heavy (non-hydrogen) atoms. The normalized spacial score (nSPS) is 10.6. The Hall–Kier alpha value is -3.80. The van der Waals surface area contributed by atoms with E-state index in [1.165, 1.54) is 21.3 Å². The number of methoxy groups -OCH3 is 3. The first-order valence-corrected chi connectivity index (χ1v) is 8.84. The highest BCUT2D eigenvalue weighted by Gasteiger charge is 2.15. The number of carbonyl (C=O) groups is 1. The van der Waals surface area contributed by atoms with Crippen LogP contribution in [0.3, 0.4) is 0 Å². The van der Waals surface area contributed by atoms with Crippen LogP contribution in [0.5, 0.6) is 23.0 Å². The number of ether oxygens (including phenoxy) is 4. The van der Waals surface area contributed by atoms with Gasteiger partial charge in [0, 0.05) is 18.5 Å². The predicted molar refractivity (Wildman–Crippen MR) is 111 cm³/mol. The summed E-state index contributed by atoms with van der Waals surface area (Å²) in [5, 5.41) is 0. The maximum absolute atomic E-state index is 12.6. The van der Waals surface area contributed by atoms with E-state index in [1.807, 2.05) is 30.4 Å². The number of esters is 1. The van der Waals surface area contributed by atoms with Gasteiger partial charge in [-0.3, -0.25) is 4.98 Å². The number of hydrogen-bond donors (Lipinski definition) is 0. The second-order valence-electron chi connectivity index (χ2n) is 6.02. The van der Waals surface area contributed by atoms with Crippen LogP contribution in [-0.4, -0.2) is 32.3 Å². The zero-order chi connectivity index (χ0) is 20.6. The molecule has 0 spiro atoms. The quantitative estimate of drug-likeness (QED) is 0.436. The van der Waals surface area contributed by atoms with Gasteiger partial charge in [0.25, 0.3) is 0 Å². The molecular formula is C23H21NO5. The minimum Gasteiger partial charge on any atom is -0.497 e. The molecule has 0 aliphatic rings. The highest BCUT2D eigenvalue weighted by atomic mass is 16.6. The zero-order valence-corrected chi connectivity index (χ0v) is 16.4. The average molecular weight is 391 g/mol. The van der Waals surface area contributed by atoms with Crippen molar-refractivity contribution >= 4 is 18.1 Å². The summed E-state index contributed by atoms with van der Waals surface area (Å²) in [7, 11) is 4.56. The molecule has 0 saturated heterocycles. The van der Waals surface area contributed by atoms with Gasteiger partial charge in [0.15, 0.2) is 11.5 Å². The van der Waals surface area contributed by atoms with Gasteiger partial charge < -0.3 is 18.9 Å². The third-order valence-electron chi connectivity index (χ3n) is 4.15. The second kappa shape index (κ2) is 9.41. The molecule has 0 amide bonds. The fourth-order valence-corrected chi connectivity index (χ4v) is 2.62. The van der Waals surface area contributed by atoms with Crippen molar-refractivity contribution in [1.82, 2.24) is 4.98 Å². The Labute approximate surface area is 169 Å². The molecule has 0 aliphatic heterocycles. The molecule has 0 atom stereocenters. The molecule has 3 rings (SSSR count). The maximum Gasteiger partial charge on any atom is 0.343 e. The van der Waals surface area contributed by atoms with Crippen molar-refractivity contribution in [3.8, 4) is 23.0 Å². The summed E-state index contributed by atoms with van der Waals surface area (Å²) in [4.78, 5) is 16.6.